The van der Waals surface area contributed by atoms with Crippen LogP contribution in [0, 0.1) is 0 Å². The highest BCUT2D eigenvalue weighted by Gasteiger charge is 2.64. The first-order valence-corrected chi connectivity index (χ1v) is 12.7. The molecular weight excluding hydrogens is 396 g/mol. The summed E-state index contributed by atoms with van der Waals surface area (Å²) in [5, 5.41) is -2.08. The van der Waals surface area contributed by atoms with Crippen molar-refractivity contribution < 1.29 is 31.7 Å². The molecule has 0 saturated heterocycles. The minimum absolute atomic E-state index is 0.107. The van der Waals surface area contributed by atoms with E-state index in [0.717, 1.165) is 14.2 Å². The summed E-state index contributed by atoms with van der Waals surface area (Å²) in [6.45, 7) is 3.03. The van der Waals surface area contributed by atoms with E-state index >= 15 is 0 Å². The molecule has 0 aromatic heterocycles. The fraction of sp³-hybridized carbons (Fsp3) is 1.00. The van der Waals surface area contributed by atoms with Crippen molar-refractivity contribution in [2.45, 2.75) is 38.7 Å². The van der Waals surface area contributed by atoms with Crippen molar-refractivity contribution in [3.63, 3.8) is 0 Å². The Morgan fingerprint density at radius 3 is 1.64 bits per heavy atom. The Kier molecular flexibility index (Phi) is 10.9. The Bertz CT molecular complexity index is 403. The van der Waals surface area contributed by atoms with Crippen LogP contribution >= 0.6 is 44.5 Å². The maximum absolute atomic E-state index is 13.2. The van der Waals surface area contributed by atoms with Crippen molar-refractivity contribution in [2.24, 2.45) is 0 Å². The summed E-state index contributed by atoms with van der Waals surface area (Å²) in [7, 11) is -5.84. The average Bonchev–Trinajstić information content (AvgIpc) is 2.48. The van der Waals surface area contributed by atoms with E-state index in [2.05, 4.69) is 0 Å². The van der Waals surface area contributed by atoms with Crippen molar-refractivity contribution in [3.8, 4) is 0 Å². The Balaban J connectivity index is 5.94. The van der Waals surface area contributed by atoms with E-state index in [1.807, 2.05) is 13.8 Å². The first-order valence-electron chi connectivity index (χ1n) is 6.58. The standard InChI is InChI=1S/C10H23Cl2O7P3/c1-6-8-17-22(14,18-9-7-2)10(3,19-20(11)12)21(13,15-4)16-5/h6-9H2,1-5H3. The zero-order chi connectivity index (χ0) is 17.4. The zero-order valence-electron chi connectivity index (χ0n) is 13.3. The van der Waals surface area contributed by atoms with Crippen LogP contribution in [0.25, 0.3) is 0 Å². The van der Waals surface area contributed by atoms with Gasteiger partial charge in [0.2, 0.25) is 6.85 Å². The van der Waals surface area contributed by atoms with E-state index in [0.29, 0.717) is 12.8 Å². The lowest BCUT2D eigenvalue weighted by Gasteiger charge is -2.38. The van der Waals surface area contributed by atoms with Crippen molar-refractivity contribution >= 4 is 44.5 Å². The van der Waals surface area contributed by atoms with Gasteiger partial charge in [0, 0.05) is 14.2 Å². The van der Waals surface area contributed by atoms with E-state index in [1.165, 1.54) is 6.92 Å². The predicted molar refractivity (Wildman–Crippen MR) is 89.8 cm³/mol. The summed E-state index contributed by atoms with van der Waals surface area (Å²) in [6, 6.07) is 0. The molecule has 1 unspecified atom stereocenters. The van der Waals surface area contributed by atoms with E-state index in [1.54, 1.807) is 0 Å². The molecule has 0 aliphatic carbocycles. The second-order valence-corrected chi connectivity index (χ2v) is 12.5. The van der Waals surface area contributed by atoms with Gasteiger partial charge in [-0.1, -0.05) is 13.8 Å². The van der Waals surface area contributed by atoms with Gasteiger partial charge >= 0.3 is 15.2 Å². The van der Waals surface area contributed by atoms with E-state index in [-0.39, 0.29) is 13.2 Å². The summed E-state index contributed by atoms with van der Waals surface area (Å²) >= 11 is 11.4. The zero-order valence-corrected chi connectivity index (χ0v) is 17.5. The Morgan fingerprint density at radius 2 is 1.36 bits per heavy atom. The number of rotatable bonds is 12. The third kappa shape index (κ3) is 5.39. The molecule has 0 fully saturated rings. The smallest absolute Gasteiger partial charge is 0.309 e. The van der Waals surface area contributed by atoms with Gasteiger partial charge in [-0.3, -0.25) is 13.7 Å². The van der Waals surface area contributed by atoms with Crippen LogP contribution in [-0.4, -0.2) is 32.5 Å². The van der Waals surface area contributed by atoms with Crippen LogP contribution in [0.4, 0.5) is 0 Å². The normalized spacial score (nSPS) is 16.0. The minimum atomic E-state index is -4.07. The van der Waals surface area contributed by atoms with Gasteiger partial charge in [0.15, 0.2) is 0 Å². The van der Waals surface area contributed by atoms with Crippen molar-refractivity contribution in [3.05, 3.63) is 0 Å². The lowest BCUT2D eigenvalue weighted by Crippen LogP contribution is -2.30. The van der Waals surface area contributed by atoms with Gasteiger partial charge < -0.3 is 18.1 Å². The molecule has 0 aliphatic rings. The highest BCUT2D eigenvalue weighted by atomic mass is 35.9. The molecule has 0 aliphatic heterocycles. The lowest BCUT2D eigenvalue weighted by molar-refractivity contribution is 0.124. The SMILES string of the molecule is CCCOP(=O)(OCCC)C(C)(OP(Cl)Cl)P(=O)(OC)OC. The third-order valence-corrected chi connectivity index (χ3v) is 9.57. The maximum Gasteiger partial charge on any atom is 0.374 e. The molecule has 0 bridgehead atoms. The fourth-order valence-electron chi connectivity index (χ4n) is 1.49. The van der Waals surface area contributed by atoms with Gasteiger partial charge in [-0.15, -0.1) is 0 Å². The maximum atomic E-state index is 13.2. The largest absolute Gasteiger partial charge is 0.374 e. The van der Waals surface area contributed by atoms with Crippen LogP contribution in [0.1, 0.15) is 33.6 Å². The fourth-order valence-corrected chi connectivity index (χ4v) is 8.71. The summed E-state index contributed by atoms with van der Waals surface area (Å²) in [4.78, 5) is 0. The molecule has 0 saturated carbocycles. The van der Waals surface area contributed by atoms with Crippen LogP contribution in [-0.2, 0) is 31.7 Å². The lowest BCUT2D eigenvalue weighted by atomic mass is 10.5. The Hall–Kier alpha value is 1.27. The highest BCUT2D eigenvalue weighted by Crippen LogP contribution is 2.80. The topological polar surface area (TPSA) is 80.3 Å². The Morgan fingerprint density at radius 1 is 0.955 bits per heavy atom. The summed E-state index contributed by atoms with van der Waals surface area (Å²) in [5.41, 5.74) is 0. The first kappa shape index (κ1) is 23.3. The van der Waals surface area contributed by atoms with Crippen LogP contribution in [0.15, 0.2) is 0 Å². The highest BCUT2D eigenvalue weighted by molar-refractivity contribution is 8.01. The minimum Gasteiger partial charge on any atom is -0.309 e. The van der Waals surface area contributed by atoms with Crippen LogP contribution in [0.3, 0.4) is 0 Å². The monoisotopic (exact) mass is 418 g/mol. The second-order valence-electron chi connectivity index (χ2n) is 4.25. The molecule has 12 heteroatoms. The van der Waals surface area contributed by atoms with Gasteiger partial charge in [0.25, 0.3) is 5.08 Å². The van der Waals surface area contributed by atoms with Gasteiger partial charge in [-0.05, 0) is 42.2 Å². The number of halogens is 2. The Labute approximate surface area is 142 Å². The van der Waals surface area contributed by atoms with Crippen LogP contribution in [0.5, 0.6) is 0 Å². The van der Waals surface area contributed by atoms with Crippen molar-refractivity contribution in [1.29, 1.82) is 0 Å². The molecule has 1 atom stereocenters. The van der Waals surface area contributed by atoms with Gasteiger partial charge in [-0.2, -0.15) is 0 Å². The predicted octanol–water partition coefficient (Wildman–Crippen LogP) is 5.91. The van der Waals surface area contributed by atoms with Crippen LogP contribution < -0.4 is 0 Å². The molecular formula is C10H23Cl2O7P3. The molecule has 0 rings (SSSR count). The second kappa shape index (κ2) is 10.3. The molecule has 134 valence electrons. The summed E-state index contributed by atoms with van der Waals surface area (Å²) in [5.74, 6) is 0. The van der Waals surface area contributed by atoms with E-state index in [4.69, 9.17) is 45.1 Å². The number of hydrogen-bond acceptors (Lipinski definition) is 7. The van der Waals surface area contributed by atoms with Gasteiger partial charge in [0.05, 0.1) is 13.2 Å². The molecule has 0 spiro atoms. The molecule has 22 heavy (non-hydrogen) atoms. The third-order valence-electron chi connectivity index (χ3n) is 2.67. The quantitative estimate of drug-likeness (QED) is 0.364. The van der Waals surface area contributed by atoms with Crippen molar-refractivity contribution in [1.82, 2.24) is 0 Å². The molecule has 0 radical (unpaired) electrons. The molecule has 0 aromatic carbocycles. The van der Waals surface area contributed by atoms with Crippen molar-refractivity contribution in [2.75, 3.05) is 27.4 Å². The number of hydrogen-bond donors (Lipinski definition) is 0. The molecule has 0 aromatic rings. The summed E-state index contributed by atoms with van der Waals surface area (Å²) in [6.07, 6.45) is 1.13. The molecule has 7 nitrogen and oxygen atoms in total. The van der Waals surface area contributed by atoms with Gasteiger partial charge in [-0.25, -0.2) is 0 Å². The first-order chi connectivity index (χ1) is 10.2. The van der Waals surface area contributed by atoms with Crippen LogP contribution in [0.2, 0.25) is 0 Å². The molecule has 0 amide bonds. The molecule has 0 N–H and O–H groups in total. The van der Waals surface area contributed by atoms with E-state index < -0.39 is 27.1 Å². The molecule has 0 heterocycles. The van der Waals surface area contributed by atoms with E-state index in [9.17, 15) is 9.13 Å². The summed E-state index contributed by atoms with van der Waals surface area (Å²) < 4.78 is 52.0. The average molecular weight is 419 g/mol. The van der Waals surface area contributed by atoms with Gasteiger partial charge in [0.1, 0.15) is 0 Å².